The van der Waals surface area contributed by atoms with E-state index in [1.165, 1.54) is 11.0 Å². The largest absolute Gasteiger partial charge is 0.493 e. The van der Waals surface area contributed by atoms with Crippen LogP contribution in [0.4, 0.5) is 0 Å². The molecular weight excluding hydrogens is 468 g/mol. The fourth-order valence-electron chi connectivity index (χ4n) is 4.28. The molecule has 37 heavy (non-hydrogen) atoms. The van der Waals surface area contributed by atoms with Crippen LogP contribution < -0.4 is 4.74 Å². The number of amides is 1. The Bertz CT molecular complexity index is 1340. The predicted octanol–water partition coefficient (Wildman–Crippen LogP) is 5.42. The zero-order valence-corrected chi connectivity index (χ0v) is 21.0. The Morgan fingerprint density at radius 3 is 2.73 bits per heavy atom. The SMILES string of the molecule is CC=CC=CC(=O)N1CCc2ccc(OCCc3nc(C=Cc4ccccc4)oc3C)cc2C1C(=O)O. The molecule has 2 heterocycles. The van der Waals surface area contributed by atoms with Gasteiger partial charge in [-0.25, -0.2) is 9.78 Å². The van der Waals surface area contributed by atoms with Gasteiger partial charge in [-0.15, -0.1) is 0 Å². The van der Waals surface area contributed by atoms with Gasteiger partial charge < -0.3 is 19.2 Å². The van der Waals surface area contributed by atoms with Crippen LogP contribution in [0.15, 0.2) is 77.3 Å². The quantitative estimate of drug-likeness (QED) is 0.313. The fraction of sp³-hybridized carbons (Fsp3) is 0.233. The van der Waals surface area contributed by atoms with Crippen molar-refractivity contribution in [3.8, 4) is 5.75 Å². The third-order valence-electron chi connectivity index (χ3n) is 6.14. The van der Waals surface area contributed by atoms with Crippen molar-refractivity contribution < 1.29 is 23.8 Å². The highest BCUT2D eigenvalue weighted by atomic mass is 16.5. The predicted molar refractivity (Wildman–Crippen MR) is 142 cm³/mol. The molecule has 0 fully saturated rings. The number of nitrogens with zero attached hydrogens (tertiary/aromatic N) is 2. The number of hydrogen-bond acceptors (Lipinski definition) is 5. The van der Waals surface area contributed by atoms with E-state index >= 15 is 0 Å². The third-order valence-corrected chi connectivity index (χ3v) is 6.14. The van der Waals surface area contributed by atoms with Gasteiger partial charge >= 0.3 is 5.97 Å². The Hall–Kier alpha value is -4.39. The molecule has 3 aromatic rings. The van der Waals surface area contributed by atoms with Crippen LogP contribution in [-0.4, -0.2) is 40.0 Å². The van der Waals surface area contributed by atoms with Gasteiger partial charge in [0.2, 0.25) is 11.8 Å². The van der Waals surface area contributed by atoms with E-state index in [-0.39, 0.29) is 5.91 Å². The summed E-state index contributed by atoms with van der Waals surface area (Å²) in [5, 5.41) is 9.94. The zero-order valence-electron chi connectivity index (χ0n) is 21.0. The van der Waals surface area contributed by atoms with Gasteiger partial charge in [-0.2, -0.15) is 0 Å². The summed E-state index contributed by atoms with van der Waals surface area (Å²) in [6.45, 7) is 4.41. The number of aryl methyl sites for hydroxylation is 1. The Kier molecular flexibility index (Phi) is 8.36. The molecule has 7 heteroatoms. The molecule has 4 rings (SSSR count). The molecule has 0 saturated heterocycles. The molecule has 1 N–H and O–H groups in total. The third kappa shape index (κ3) is 6.44. The maximum absolute atomic E-state index is 12.7. The minimum Gasteiger partial charge on any atom is -0.493 e. The summed E-state index contributed by atoms with van der Waals surface area (Å²) in [6.07, 6.45) is 11.4. The number of allylic oxidation sites excluding steroid dienone is 3. The van der Waals surface area contributed by atoms with Crippen LogP contribution in [0.5, 0.6) is 5.75 Å². The summed E-state index contributed by atoms with van der Waals surface area (Å²) in [5.74, 6) is 0.408. The number of oxazole rings is 1. The van der Waals surface area contributed by atoms with Crippen molar-refractivity contribution in [2.75, 3.05) is 13.2 Å². The van der Waals surface area contributed by atoms with Gasteiger partial charge in [0.05, 0.1) is 12.3 Å². The van der Waals surface area contributed by atoms with E-state index in [9.17, 15) is 14.7 Å². The number of aromatic nitrogens is 1. The molecule has 0 aliphatic carbocycles. The zero-order chi connectivity index (χ0) is 26.2. The van der Waals surface area contributed by atoms with Gasteiger partial charge in [-0.1, -0.05) is 54.6 Å². The summed E-state index contributed by atoms with van der Waals surface area (Å²) >= 11 is 0. The monoisotopic (exact) mass is 498 g/mol. The number of carboxylic acid groups (broad SMARTS) is 1. The van der Waals surface area contributed by atoms with E-state index in [4.69, 9.17) is 9.15 Å². The minimum atomic E-state index is -1.07. The second-order valence-corrected chi connectivity index (χ2v) is 8.67. The number of carbonyl (C=O) groups is 2. The molecule has 2 aromatic carbocycles. The van der Waals surface area contributed by atoms with Crippen LogP contribution in [-0.2, 0) is 22.4 Å². The molecular formula is C30H30N2O5. The average Bonchev–Trinajstić information content (AvgIpc) is 3.26. The van der Waals surface area contributed by atoms with E-state index in [2.05, 4.69) is 4.98 Å². The van der Waals surface area contributed by atoms with Crippen LogP contribution in [0.2, 0.25) is 0 Å². The standard InChI is InChI=1S/C30H30N2O5/c1-3-4-6-11-28(33)32-18-16-23-13-14-24(20-25(23)29(32)30(34)35)36-19-17-26-21(2)37-27(31-26)15-12-22-9-7-5-8-10-22/h3-15,20,29H,16-19H2,1-2H3,(H,34,35). The summed E-state index contributed by atoms with van der Waals surface area (Å²) in [6, 6.07) is 14.3. The lowest BCUT2D eigenvalue weighted by molar-refractivity contribution is -0.149. The number of carbonyl (C=O) groups excluding carboxylic acids is 1. The van der Waals surface area contributed by atoms with Gasteiger partial charge in [0.25, 0.3) is 0 Å². The molecule has 1 atom stereocenters. The second-order valence-electron chi connectivity index (χ2n) is 8.67. The average molecular weight is 499 g/mol. The molecule has 0 radical (unpaired) electrons. The molecule has 0 spiro atoms. The van der Waals surface area contributed by atoms with Crippen molar-refractivity contribution in [1.29, 1.82) is 0 Å². The topological polar surface area (TPSA) is 92.9 Å². The lowest BCUT2D eigenvalue weighted by atomic mass is 9.92. The van der Waals surface area contributed by atoms with E-state index in [0.29, 0.717) is 43.2 Å². The van der Waals surface area contributed by atoms with Crippen molar-refractivity contribution in [2.45, 2.75) is 32.7 Å². The second kappa shape index (κ2) is 12.0. The Morgan fingerprint density at radius 1 is 1.16 bits per heavy atom. The van der Waals surface area contributed by atoms with Crippen molar-refractivity contribution in [3.05, 3.63) is 107 Å². The van der Waals surface area contributed by atoms with E-state index < -0.39 is 12.0 Å². The van der Waals surface area contributed by atoms with Gasteiger partial charge in [0.15, 0.2) is 6.04 Å². The van der Waals surface area contributed by atoms with E-state index in [0.717, 1.165) is 22.6 Å². The lowest BCUT2D eigenvalue weighted by Crippen LogP contribution is -2.42. The first-order valence-electron chi connectivity index (χ1n) is 12.2. The maximum Gasteiger partial charge on any atom is 0.331 e. The first kappa shape index (κ1) is 25.7. The summed E-state index contributed by atoms with van der Waals surface area (Å²) in [4.78, 5) is 30.8. The molecule has 1 amide bonds. The molecule has 190 valence electrons. The van der Waals surface area contributed by atoms with Gasteiger partial charge in [0.1, 0.15) is 11.5 Å². The molecule has 1 aromatic heterocycles. The molecule has 1 aliphatic rings. The smallest absolute Gasteiger partial charge is 0.331 e. The first-order chi connectivity index (χ1) is 18.0. The van der Waals surface area contributed by atoms with Crippen molar-refractivity contribution in [3.63, 3.8) is 0 Å². The highest BCUT2D eigenvalue weighted by Crippen LogP contribution is 2.33. The maximum atomic E-state index is 12.7. The van der Waals surface area contributed by atoms with Crippen molar-refractivity contribution in [1.82, 2.24) is 9.88 Å². The summed E-state index contributed by atoms with van der Waals surface area (Å²) in [7, 11) is 0. The van der Waals surface area contributed by atoms with Gasteiger partial charge in [0, 0.05) is 25.1 Å². The normalized spacial score (nSPS) is 15.5. The highest BCUT2D eigenvalue weighted by molar-refractivity contribution is 5.92. The number of benzene rings is 2. The van der Waals surface area contributed by atoms with Gasteiger partial charge in [-0.3, -0.25) is 4.79 Å². The number of carboxylic acids is 1. The number of ether oxygens (including phenoxy) is 1. The van der Waals surface area contributed by atoms with Crippen molar-refractivity contribution >= 4 is 24.0 Å². The molecule has 0 bridgehead atoms. The van der Waals surface area contributed by atoms with Crippen LogP contribution in [0.1, 0.15) is 47.0 Å². The van der Waals surface area contributed by atoms with E-state index in [1.54, 1.807) is 24.3 Å². The van der Waals surface area contributed by atoms with E-state index in [1.807, 2.05) is 68.5 Å². The van der Waals surface area contributed by atoms with Crippen LogP contribution >= 0.6 is 0 Å². The molecule has 1 aliphatic heterocycles. The number of rotatable bonds is 9. The molecule has 0 saturated carbocycles. The fourth-order valence-corrected chi connectivity index (χ4v) is 4.28. The Balaban J connectivity index is 1.42. The molecule has 7 nitrogen and oxygen atoms in total. The van der Waals surface area contributed by atoms with Gasteiger partial charge in [-0.05, 0) is 55.2 Å². The Morgan fingerprint density at radius 2 is 1.97 bits per heavy atom. The van der Waals surface area contributed by atoms with Crippen LogP contribution in [0, 0.1) is 6.92 Å². The van der Waals surface area contributed by atoms with Crippen molar-refractivity contribution in [2.24, 2.45) is 0 Å². The lowest BCUT2D eigenvalue weighted by Gasteiger charge is -2.34. The number of fused-ring (bicyclic) bond motifs is 1. The Labute approximate surface area is 216 Å². The number of hydrogen-bond donors (Lipinski definition) is 1. The summed E-state index contributed by atoms with van der Waals surface area (Å²) < 4.78 is 11.7. The summed E-state index contributed by atoms with van der Waals surface area (Å²) in [5.41, 5.74) is 3.35. The molecule has 1 unspecified atom stereocenters. The number of aliphatic carboxylic acids is 1. The highest BCUT2D eigenvalue weighted by Gasteiger charge is 2.35. The van der Waals surface area contributed by atoms with Crippen LogP contribution in [0.25, 0.3) is 12.2 Å². The van der Waals surface area contributed by atoms with Crippen LogP contribution in [0.3, 0.4) is 0 Å². The first-order valence-corrected chi connectivity index (χ1v) is 12.2. The minimum absolute atomic E-state index is 0.332.